The largest absolute Gasteiger partial charge is 0.493 e. The number of hydrogen-bond acceptors (Lipinski definition) is 5. The van der Waals surface area contributed by atoms with Gasteiger partial charge in [0.25, 0.3) is 0 Å². The topological polar surface area (TPSA) is 73.9 Å². The van der Waals surface area contributed by atoms with Gasteiger partial charge >= 0.3 is 5.97 Å². The van der Waals surface area contributed by atoms with E-state index in [-0.39, 0.29) is 24.2 Å². The van der Waals surface area contributed by atoms with Gasteiger partial charge in [0.05, 0.1) is 33.8 Å². The molecule has 1 aliphatic carbocycles. The first kappa shape index (κ1) is 17.1. The van der Waals surface area contributed by atoms with Crippen molar-refractivity contribution in [1.29, 1.82) is 0 Å². The number of methoxy groups -OCH3 is 3. The molecule has 1 N–H and O–H groups in total. The molecule has 1 aromatic rings. The third kappa shape index (κ3) is 4.15. The average Bonchev–Trinajstić information content (AvgIpc) is 2.51. The Balaban J connectivity index is 2.20. The molecule has 1 aromatic carbocycles. The highest BCUT2D eigenvalue weighted by atomic mass is 16.5. The van der Waals surface area contributed by atoms with Gasteiger partial charge in [0.1, 0.15) is 0 Å². The van der Waals surface area contributed by atoms with E-state index in [0.29, 0.717) is 11.5 Å². The van der Waals surface area contributed by atoms with Gasteiger partial charge in [-0.05, 0) is 30.5 Å². The predicted octanol–water partition coefficient (Wildman–Crippen LogP) is 2.22. The second-order valence-electron chi connectivity index (χ2n) is 5.58. The number of rotatable bonds is 7. The molecule has 0 radical (unpaired) electrons. The number of ether oxygens (including phenoxy) is 3. The minimum absolute atomic E-state index is 0.0139. The first-order chi connectivity index (χ1) is 11.1. The van der Waals surface area contributed by atoms with E-state index in [1.165, 1.54) is 7.11 Å². The van der Waals surface area contributed by atoms with Crippen molar-refractivity contribution in [3.63, 3.8) is 0 Å². The zero-order chi connectivity index (χ0) is 16.8. The van der Waals surface area contributed by atoms with Gasteiger partial charge in [-0.2, -0.15) is 0 Å². The summed E-state index contributed by atoms with van der Waals surface area (Å²) in [5.41, 5.74) is 0.778. The van der Waals surface area contributed by atoms with Gasteiger partial charge in [0, 0.05) is 5.92 Å². The Kier molecular flexibility index (Phi) is 5.84. The molecule has 0 bridgehead atoms. The maximum Gasteiger partial charge on any atom is 0.307 e. The fourth-order valence-corrected chi connectivity index (χ4v) is 2.53. The van der Waals surface area contributed by atoms with Crippen molar-refractivity contribution in [1.82, 2.24) is 5.32 Å². The molecule has 126 valence electrons. The number of esters is 1. The highest BCUT2D eigenvalue weighted by Gasteiger charge is 2.28. The van der Waals surface area contributed by atoms with Crippen LogP contribution in [0.3, 0.4) is 0 Å². The zero-order valence-electron chi connectivity index (χ0n) is 13.8. The highest BCUT2D eigenvalue weighted by Crippen LogP contribution is 2.32. The van der Waals surface area contributed by atoms with Gasteiger partial charge in [0.2, 0.25) is 5.91 Å². The minimum atomic E-state index is -0.449. The first-order valence-electron chi connectivity index (χ1n) is 7.68. The Morgan fingerprint density at radius 2 is 1.87 bits per heavy atom. The number of carbonyl (C=O) groups is 2. The number of nitrogens with one attached hydrogen (secondary N) is 1. The smallest absolute Gasteiger partial charge is 0.307 e. The monoisotopic (exact) mass is 321 g/mol. The lowest BCUT2D eigenvalue weighted by Gasteiger charge is -2.27. The van der Waals surface area contributed by atoms with E-state index in [1.807, 2.05) is 6.07 Å². The van der Waals surface area contributed by atoms with Crippen LogP contribution < -0.4 is 14.8 Å². The summed E-state index contributed by atoms with van der Waals surface area (Å²) in [4.78, 5) is 23.9. The summed E-state index contributed by atoms with van der Waals surface area (Å²) >= 11 is 0. The lowest BCUT2D eigenvalue weighted by molar-refractivity contribution is -0.141. The fraction of sp³-hybridized carbons (Fsp3) is 0.529. The maximum absolute atomic E-state index is 12.2. The summed E-state index contributed by atoms with van der Waals surface area (Å²) in [7, 11) is 4.44. The first-order valence-corrected chi connectivity index (χ1v) is 7.68. The van der Waals surface area contributed by atoms with Crippen LogP contribution in [0.5, 0.6) is 11.5 Å². The van der Waals surface area contributed by atoms with Gasteiger partial charge < -0.3 is 19.5 Å². The van der Waals surface area contributed by atoms with Crippen LogP contribution in [0.4, 0.5) is 0 Å². The number of benzene rings is 1. The molecular formula is C17H23NO5. The molecule has 0 spiro atoms. The molecule has 2 rings (SSSR count). The molecule has 0 heterocycles. The number of amides is 1. The predicted molar refractivity (Wildman–Crippen MR) is 84.4 cm³/mol. The van der Waals surface area contributed by atoms with Gasteiger partial charge in [-0.3, -0.25) is 9.59 Å². The normalized spacial score (nSPS) is 15.3. The molecule has 0 aliphatic heterocycles. The van der Waals surface area contributed by atoms with E-state index in [9.17, 15) is 9.59 Å². The molecule has 1 atom stereocenters. The van der Waals surface area contributed by atoms with Crippen LogP contribution in [0.2, 0.25) is 0 Å². The summed E-state index contributed by atoms with van der Waals surface area (Å²) in [6.07, 6.45) is 2.96. The van der Waals surface area contributed by atoms with E-state index in [2.05, 4.69) is 5.32 Å². The van der Waals surface area contributed by atoms with E-state index >= 15 is 0 Å². The molecular weight excluding hydrogens is 298 g/mol. The van der Waals surface area contributed by atoms with Crippen molar-refractivity contribution in [2.45, 2.75) is 31.7 Å². The van der Waals surface area contributed by atoms with E-state index in [0.717, 1.165) is 24.8 Å². The second kappa shape index (κ2) is 7.85. The second-order valence-corrected chi connectivity index (χ2v) is 5.58. The van der Waals surface area contributed by atoms with Crippen molar-refractivity contribution in [3.8, 4) is 11.5 Å². The molecule has 6 heteroatoms. The third-order valence-corrected chi connectivity index (χ3v) is 4.20. The Labute approximate surface area is 136 Å². The van der Waals surface area contributed by atoms with Gasteiger partial charge in [-0.15, -0.1) is 0 Å². The third-order valence-electron chi connectivity index (χ3n) is 4.20. The quantitative estimate of drug-likeness (QED) is 0.780. The summed E-state index contributed by atoms with van der Waals surface area (Å²) in [5.74, 6) is 0.810. The summed E-state index contributed by atoms with van der Waals surface area (Å²) in [5, 5.41) is 2.95. The summed E-state index contributed by atoms with van der Waals surface area (Å²) in [6.45, 7) is 0. The minimum Gasteiger partial charge on any atom is -0.493 e. The lowest BCUT2D eigenvalue weighted by Crippen LogP contribution is -2.37. The summed E-state index contributed by atoms with van der Waals surface area (Å²) in [6, 6.07) is 4.90. The van der Waals surface area contributed by atoms with Crippen LogP contribution in [0, 0.1) is 5.92 Å². The molecule has 0 aromatic heterocycles. The van der Waals surface area contributed by atoms with Crippen molar-refractivity contribution in [2.24, 2.45) is 5.92 Å². The Morgan fingerprint density at radius 1 is 1.17 bits per heavy atom. The Hall–Kier alpha value is -2.24. The van der Waals surface area contributed by atoms with Crippen molar-refractivity contribution in [3.05, 3.63) is 23.8 Å². The van der Waals surface area contributed by atoms with Crippen LogP contribution in [-0.2, 0) is 14.3 Å². The van der Waals surface area contributed by atoms with E-state index in [1.54, 1.807) is 26.4 Å². The van der Waals surface area contributed by atoms with Gasteiger partial charge in [-0.25, -0.2) is 0 Å². The van der Waals surface area contributed by atoms with Crippen LogP contribution in [0.15, 0.2) is 18.2 Å². The van der Waals surface area contributed by atoms with E-state index in [4.69, 9.17) is 14.2 Å². The molecule has 1 amide bonds. The van der Waals surface area contributed by atoms with Crippen molar-refractivity contribution >= 4 is 11.9 Å². The summed E-state index contributed by atoms with van der Waals surface area (Å²) < 4.78 is 15.2. The van der Waals surface area contributed by atoms with Gasteiger partial charge in [-0.1, -0.05) is 12.5 Å². The molecule has 1 saturated carbocycles. The lowest BCUT2D eigenvalue weighted by atomic mass is 9.84. The number of carbonyl (C=O) groups excluding carboxylic acids is 2. The molecule has 1 unspecified atom stereocenters. The standard InChI is InChI=1S/C17H23NO5/c1-21-14-8-7-12(9-15(14)22-2)13(10-16(19)23-3)18-17(20)11-5-4-6-11/h7-9,11,13H,4-6,10H2,1-3H3,(H,18,20). The average molecular weight is 321 g/mol. The van der Waals surface area contributed by atoms with Crippen molar-refractivity contribution < 1.29 is 23.8 Å². The highest BCUT2D eigenvalue weighted by molar-refractivity contribution is 5.81. The SMILES string of the molecule is COC(=O)CC(NC(=O)C1CCC1)c1ccc(OC)c(OC)c1. The van der Waals surface area contributed by atoms with Crippen molar-refractivity contribution in [2.75, 3.05) is 21.3 Å². The molecule has 1 aliphatic rings. The van der Waals surface area contributed by atoms with Crippen LogP contribution in [0.25, 0.3) is 0 Å². The molecule has 1 fully saturated rings. The zero-order valence-corrected chi connectivity index (χ0v) is 13.8. The maximum atomic E-state index is 12.2. The Bertz CT molecular complexity index is 568. The fourth-order valence-electron chi connectivity index (χ4n) is 2.53. The molecule has 23 heavy (non-hydrogen) atoms. The van der Waals surface area contributed by atoms with Gasteiger partial charge in [0.15, 0.2) is 11.5 Å². The van der Waals surface area contributed by atoms with Crippen LogP contribution in [-0.4, -0.2) is 33.2 Å². The van der Waals surface area contributed by atoms with E-state index < -0.39 is 6.04 Å². The number of hydrogen-bond donors (Lipinski definition) is 1. The van der Waals surface area contributed by atoms with Crippen LogP contribution >= 0.6 is 0 Å². The molecule has 6 nitrogen and oxygen atoms in total. The van der Waals surface area contributed by atoms with Crippen LogP contribution in [0.1, 0.15) is 37.3 Å². The molecule has 0 saturated heterocycles. The Morgan fingerprint density at radius 3 is 2.39 bits per heavy atom.